The molecule has 94 valence electrons. The van der Waals surface area contributed by atoms with E-state index in [2.05, 4.69) is 9.97 Å². The highest BCUT2D eigenvalue weighted by Gasteiger charge is 2.21. The Morgan fingerprint density at radius 1 is 1.33 bits per heavy atom. The Kier molecular flexibility index (Phi) is 2.83. The molecule has 1 aromatic heterocycles. The second-order valence-corrected chi connectivity index (χ2v) is 4.57. The summed E-state index contributed by atoms with van der Waals surface area (Å²) in [6.07, 6.45) is 2.76. The van der Waals surface area contributed by atoms with Gasteiger partial charge in [-0.2, -0.15) is 0 Å². The van der Waals surface area contributed by atoms with Gasteiger partial charge in [-0.1, -0.05) is 6.07 Å². The highest BCUT2D eigenvalue weighted by atomic mass is 19.1. The maximum Gasteiger partial charge on any atom is 0.142 e. The topological polar surface area (TPSA) is 49.2 Å². The molecule has 3 rings (SSSR count). The minimum Gasteiger partial charge on any atom is -0.391 e. The van der Waals surface area contributed by atoms with E-state index in [1.807, 2.05) is 4.90 Å². The molecule has 2 aromatic rings. The first-order valence-electron chi connectivity index (χ1n) is 6.08. The fourth-order valence-electron chi connectivity index (χ4n) is 2.44. The molecule has 4 nitrogen and oxygen atoms in total. The van der Waals surface area contributed by atoms with Gasteiger partial charge in [0.15, 0.2) is 0 Å². The van der Waals surface area contributed by atoms with E-state index < -0.39 is 0 Å². The summed E-state index contributed by atoms with van der Waals surface area (Å²) >= 11 is 0. The molecule has 1 atom stereocenters. The Labute approximate surface area is 104 Å². The molecular formula is C13H14FN3O. The summed E-state index contributed by atoms with van der Waals surface area (Å²) in [6, 6.07) is 4.82. The van der Waals surface area contributed by atoms with Crippen LogP contribution in [-0.2, 0) is 0 Å². The number of aliphatic hydroxyl groups is 1. The van der Waals surface area contributed by atoms with Gasteiger partial charge in [0, 0.05) is 13.1 Å². The van der Waals surface area contributed by atoms with Crippen LogP contribution < -0.4 is 4.90 Å². The Balaban J connectivity index is 2.11. The Morgan fingerprint density at radius 3 is 3.06 bits per heavy atom. The standard InChI is InChI=1S/C13H14FN3O/c14-10-4-1-5-11-12(10)13(16-8-15-11)17-6-2-3-9(18)7-17/h1,4-5,8-9,18H,2-3,6-7H2. The van der Waals surface area contributed by atoms with Crippen molar-refractivity contribution in [3.05, 3.63) is 30.3 Å². The van der Waals surface area contributed by atoms with Gasteiger partial charge in [0.2, 0.25) is 0 Å². The Morgan fingerprint density at radius 2 is 2.22 bits per heavy atom. The van der Waals surface area contributed by atoms with Crippen molar-refractivity contribution in [1.29, 1.82) is 0 Å². The number of anilines is 1. The number of hydrogen-bond donors (Lipinski definition) is 1. The second-order valence-electron chi connectivity index (χ2n) is 4.57. The van der Waals surface area contributed by atoms with E-state index in [0.717, 1.165) is 19.4 Å². The predicted molar refractivity (Wildman–Crippen MR) is 66.9 cm³/mol. The molecule has 1 N–H and O–H groups in total. The van der Waals surface area contributed by atoms with Crippen molar-refractivity contribution in [2.24, 2.45) is 0 Å². The number of aromatic nitrogens is 2. The van der Waals surface area contributed by atoms with Crippen LogP contribution >= 0.6 is 0 Å². The molecule has 5 heteroatoms. The maximum atomic E-state index is 13.9. The van der Waals surface area contributed by atoms with Crippen LogP contribution in [0.5, 0.6) is 0 Å². The SMILES string of the molecule is OC1CCCN(c2ncnc3cccc(F)c23)C1. The maximum absolute atomic E-state index is 13.9. The van der Waals surface area contributed by atoms with E-state index in [1.165, 1.54) is 12.4 Å². The zero-order valence-corrected chi connectivity index (χ0v) is 9.88. The van der Waals surface area contributed by atoms with Gasteiger partial charge in [-0.05, 0) is 25.0 Å². The van der Waals surface area contributed by atoms with Gasteiger partial charge in [-0.15, -0.1) is 0 Å². The molecule has 1 aromatic carbocycles. The number of β-amino-alcohol motifs (C(OH)–C–C–N with tert-alkyl or cyclic N) is 1. The van der Waals surface area contributed by atoms with E-state index >= 15 is 0 Å². The van der Waals surface area contributed by atoms with Gasteiger partial charge >= 0.3 is 0 Å². The van der Waals surface area contributed by atoms with Gasteiger partial charge in [-0.25, -0.2) is 14.4 Å². The first kappa shape index (κ1) is 11.3. The van der Waals surface area contributed by atoms with Gasteiger partial charge < -0.3 is 10.0 Å². The number of piperidine rings is 1. The minimum atomic E-state index is -0.365. The lowest BCUT2D eigenvalue weighted by Gasteiger charge is -2.31. The van der Waals surface area contributed by atoms with E-state index in [-0.39, 0.29) is 11.9 Å². The van der Waals surface area contributed by atoms with E-state index in [0.29, 0.717) is 23.3 Å². The fourth-order valence-corrected chi connectivity index (χ4v) is 2.44. The minimum absolute atomic E-state index is 0.317. The van der Waals surface area contributed by atoms with Crippen molar-refractivity contribution in [2.45, 2.75) is 18.9 Å². The number of rotatable bonds is 1. The zero-order chi connectivity index (χ0) is 12.5. The molecule has 18 heavy (non-hydrogen) atoms. The first-order chi connectivity index (χ1) is 8.75. The number of aliphatic hydroxyl groups excluding tert-OH is 1. The summed E-state index contributed by atoms with van der Waals surface area (Å²) in [7, 11) is 0. The predicted octanol–water partition coefficient (Wildman–Crippen LogP) is 1.73. The van der Waals surface area contributed by atoms with Gasteiger partial charge in [0.05, 0.1) is 17.0 Å². The van der Waals surface area contributed by atoms with Crippen LogP contribution in [0.1, 0.15) is 12.8 Å². The number of benzene rings is 1. The second kappa shape index (κ2) is 4.49. The van der Waals surface area contributed by atoms with Crippen molar-refractivity contribution in [1.82, 2.24) is 9.97 Å². The summed E-state index contributed by atoms with van der Waals surface area (Å²) in [5.41, 5.74) is 0.597. The van der Waals surface area contributed by atoms with Crippen molar-refractivity contribution in [3.8, 4) is 0 Å². The van der Waals surface area contributed by atoms with Crippen LogP contribution in [0.4, 0.5) is 10.2 Å². The molecular weight excluding hydrogens is 233 g/mol. The van der Waals surface area contributed by atoms with Gasteiger partial charge in [0.1, 0.15) is 18.0 Å². The van der Waals surface area contributed by atoms with Crippen LogP contribution in [0.15, 0.2) is 24.5 Å². The fraction of sp³-hybridized carbons (Fsp3) is 0.385. The van der Waals surface area contributed by atoms with Crippen LogP contribution in [0, 0.1) is 5.82 Å². The molecule has 0 spiro atoms. The molecule has 0 radical (unpaired) electrons. The third-order valence-corrected chi connectivity index (χ3v) is 3.29. The van der Waals surface area contributed by atoms with Crippen molar-refractivity contribution < 1.29 is 9.50 Å². The lowest BCUT2D eigenvalue weighted by Crippen LogP contribution is -2.38. The number of fused-ring (bicyclic) bond motifs is 1. The molecule has 1 aliphatic rings. The normalized spacial score (nSPS) is 20.3. The van der Waals surface area contributed by atoms with E-state index in [4.69, 9.17) is 0 Å². The molecule has 0 aliphatic carbocycles. The summed E-state index contributed by atoms with van der Waals surface area (Å²) in [5, 5.41) is 10.1. The lowest BCUT2D eigenvalue weighted by molar-refractivity contribution is 0.154. The van der Waals surface area contributed by atoms with E-state index in [1.54, 1.807) is 12.1 Å². The molecule has 0 bridgehead atoms. The smallest absolute Gasteiger partial charge is 0.142 e. The molecule has 0 saturated carbocycles. The van der Waals surface area contributed by atoms with Crippen molar-refractivity contribution in [2.75, 3.05) is 18.0 Å². The molecule has 1 fully saturated rings. The lowest BCUT2D eigenvalue weighted by atomic mass is 10.1. The quantitative estimate of drug-likeness (QED) is 0.833. The average molecular weight is 247 g/mol. The highest BCUT2D eigenvalue weighted by molar-refractivity contribution is 5.89. The average Bonchev–Trinajstić information content (AvgIpc) is 2.38. The number of nitrogens with zero attached hydrogens (tertiary/aromatic N) is 3. The molecule has 1 aliphatic heterocycles. The highest BCUT2D eigenvalue weighted by Crippen LogP contribution is 2.27. The van der Waals surface area contributed by atoms with Crippen LogP contribution in [-0.4, -0.2) is 34.3 Å². The zero-order valence-electron chi connectivity index (χ0n) is 9.88. The summed E-state index contributed by atoms with van der Waals surface area (Å²) in [5.74, 6) is 0.264. The Bertz CT molecular complexity index is 570. The molecule has 1 saturated heterocycles. The molecule has 1 unspecified atom stereocenters. The summed E-state index contributed by atoms with van der Waals surface area (Å²) < 4.78 is 13.9. The van der Waals surface area contributed by atoms with Crippen LogP contribution in [0.3, 0.4) is 0 Å². The third-order valence-electron chi connectivity index (χ3n) is 3.29. The van der Waals surface area contributed by atoms with Crippen molar-refractivity contribution >= 4 is 16.7 Å². The first-order valence-corrected chi connectivity index (χ1v) is 6.08. The summed E-state index contributed by atoms with van der Waals surface area (Å²) in [4.78, 5) is 10.2. The van der Waals surface area contributed by atoms with Crippen LogP contribution in [0.25, 0.3) is 10.9 Å². The third kappa shape index (κ3) is 1.90. The largest absolute Gasteiger partial charge is 0.391 e. The van der Waals surface area contributed by atoms with E-state index in [9.17, 15) is 9.50 Å². The number of halogens is 1. The Hall–Kier alpha value is -1.75. The molecule has 2 heterocycles. The van der Waals surface area contributed by atoms with Crippen LogP contribution in [0.2, 0.25) is 0 Å². The van der Waals surface area contributed by atoms with Crippen molar-refractivity contribution in [3.63, 3.8) is 0 Å². The molecule has 0 amide bonds. The number of hydrogen-bond acceptors (Lipinski definition) is 4. The van der Waals surface area contributed by atoms with Gasteiger partial charge in [-0.3, -0.25) is 0 Å². The van der Waals surface area contributed by atoms with Gasteiger partial charge in [0.25, 0.3) is 0 Å². The monoisotopic (exact) mass is 247 g/mol. The summed E-state index contributed by atoms with van der Waals surface area (Å²) in [6.45, 7) is 1.29.